The van der Waals surface area contributed by atoms with Crippen molar-refractivity contribution in [2.24, 2.45) is 4.99 Å². The highest BCUT2D eigenvalue weighted by Crippen LogP contribution is 2.39. The molecule has 15 heteroatoms. The number of thiophene rings is 1. The van der Waals surface area contributed by atoms with Gasteiger partial charge in [0.25, 0.3) is 11.5 Å². The van der Waals surface area contributed by atoms with Gasteiger partial charge in [0.1, 0.15) is 23.4 Å². The third kappa shape index (κ3) is 9.45. The minimum Gasteiger partial charge on any atom is -0.468 e. The van der Waals surface area contributed by atoms with Gasteiger partial charge >= 0.3 is 5.97 Å². The van der Waals surface area contributed by atoms with E-state index in [-0.39, 0.29) is 30.3 Å². The number of ether oxygens (including phenoxy) is 1. The van der Waals surface area contributed by atoms with E-state index >= 15 is 0 Å². The maximum absolute atomic E-state index is 13.4. The van der Waals surface area contributed by atoms with Crippen molar-refractivity contribution in [3.63, 3.8) is 0 Å². The highest BCUT2D eigenvalue weighted by atomic mass is 35.5. The first-order valence-electron chi connectivity index (χ1n) is 19.8. The van der Waals surface area contributed by atoms with Crippen LogP contribution >= 0.6 is 22.9 Å². The summed E-state index contributed by atoms with van der Waals surface area (Å²) in [6.45, 7) is 6.43. The minimum absolute atomic E-state index is 0.0931. The number of unbranched alkanes of at least 4 members (excludes halogenated alkanes) is 3. The lowest BCUT2D eigenvalue weighted by molar-refractivity contribution is -0.141. The quantitative estimate of drug-likeness (QED) is 0.0783. The van der Waals surface area contributed by atoms with E-state index in [0.29, 0.717) is 28.6 Å². The Morgan fingerprint density at radius 1 is 0.933 bits per heavy atom. The molecule has 60 heavy (non-hydrogen) atoms. The lowest BCUT2D eigenvalue weighted by Gasteiger charge is -2.13. The highest BCUT2D eigenvalue weighted by Gasteiger charge is 2.32. The van der Waals surface area contributed by atoms with Gasteiger partial charge in [-0.2, -0.15) is 0 Å². The summed E-state index contributed by atoms with van der Waals surface area (Å²) in [5.41, 5.74) is 7.25. The molecular weight excluding hydrogens is 800 g/mol. The second kappa shape index (κ2) is 18.8. The first kappa shape index (κ1) is 41.9. The van der Waals surface area contributed by atoms with Crippen molar-refractivity contribution in [1.82, 2.24) is 29.6 Å². The molecule has 2 aromatic carbocycles. The Morgan fingerprint density at radius 3 is 2.53 bits per heavy atom. The summed E-state index contributed by atoms with van der Waals surface area (Å²) < 4.78 is 7.89. The van der Waals surface area contributed by atoms with Gasteiger partial charge in [0, 0.05) is 63.4 Å². The van der Waals surface area contributed by atoms with Crippen LogP contribution in [0.2, 0.25) is 5.02 Å². The molecule has 2 amide bonds. The van der Waals surface area contributed by atoms with E-state index in [4.69, 9.17) is 16.6 Å². The number of esters is 1. The third-order valence-corrected chi connectivity index (χ3v) is 12.0. The number of rotatable bonds is 15. The van der Waals surface area contributed by atoms with Gasteiger partial charge in [-0.3, -0.25) is 33.7 Å². The molecule has 2 N–H and O–H groups in total. The number of anilines is 1. The number of carbonyl (C=O) groups is 3. The van der Waals surface area contributed by atoms with Gasteiger partial charge in [-0.25, -0.2) is 0 Å². The molecule has 0 fully saturated rings. The molecule has 5 heterocycles. The Morgan fingerprint density at radius 2 is 1.73 bits per heavy atom. The van der Waals surface area contributed by atoms with Crippen molar-refractivity contribution >= 4 is 52.1 Å². The Bertz CT molecular complexity index is 2650. The van der Waals surface area contributed by atoms with E-state index in [1.165, 1.54) is 34.9 Å². The van der Waals surface area contributed by atoms with Crippen LogP contribution in [-0.4, -0.2) is 61.5 Å². The van der Waals surface area contributed by atoms with Crippen LogP contribution in [-0.2, 0) is 27.3 Å². The fraction of sp³-hybridized carbons (Fsp3) is 0.289. The van der Waals surface area contributed by atoms with E-state index in [9.17, 15) is 19.2 Å². The van der Waals surface area contributed by atoms with E-state index in [1.54, 1.807) is 23.6 Å². The van der Waals surface area contributed by atoms with Crippen LogP contribution in [0.1, 0.15) is 87.3 Å². The van der Waals surface area contributed by atoms with Crippen LogP contribution in [0, 0.1) is 20.8 Å². The molecule has 4 aromatic heterocycles. The van der Waals surface area contributed by atoms with Gasteiger partial charge in [0.05, 0.1) is 24.9 Å². The zero-order chi connectivity index (χ0) is 42.3. The topological polar surface area (TPSA) is 162 Å². The molecule has 0 saturated carbocycles. The first-order valence-corrected chi connectivity index (χ1v) is 20.9. The number of nitrogens with one attached hydrogen (secondary N) is 2. The summed E-state index contributed by atoms with van der Waals surface area (Å²) in [7, 11) is 1.25. The molecule has 13 nitrogen and oxygen atoms in total. The number of carbonyl (C=O) groups excluding carboxylic acids is 3. The number of hydrogen-bond donors (Lipinski definition) is 2. The largest absolute Gasteiger partial charge is 0.468 e. The van der Waals surface area contributed by atoms with Crippen LogP contribution in [0.4, 0.5) is 5.69 Å². The standard InChI is InChI=1S/C45H45ClN8O5S/c1-27-28(2)60-45-41(27)42(31-13-15-34(46)16-14-31)50-37(43-52-51-29(3)54(43)45)23-38(55)48-20-8-6-5-7-10-30-19-21-47-24-36(30)32-11-9-12-33(22-32)44(58)49-35-17-18-39(56)53(25-35)26-40(57)59-4/h9,11-19,21-22,24-25,37H,5-8,10,20,23,26H2,1-4H3,(H,48,55)(H,49,58)/t37-/m0/s1. The number of amides is 2. The molecule has 1 atom stereocenters. The average Bonchev–Trinajstić information content (AvgIpc) is 3.73. The first-order chi connectivity index (χ1) is 29.0. The Kier molecular flexibility index (Phi) is 13.1. The second-order valence-electron chi connectivity index (χ2n) is 14.7. The Hall–Kier alpha value is -6.25. The van der Waals surface area contributed by atoms with Crippen LogP contribution in [0.5, 0.6) is 0 Å². The normalized spacial score (nSPS) is 13.2. The summed E-state index contributed by atoms with van der Waals surface area (Å²) in [4.78, 5) is 61.3. The number of pyridine rings is 2. The number of aromatic nitrogens is 5. The van der Waals surface area contributed by atoms with E-state index < -0.39 is 12.0 Å². The summed E-state index contributed by atoms with van der Waals surface area (Å²) in [5, 5.41) is 16.5. The highest BCUT2D eigenvalue weighted by molar-refractivity contribution is 7.15. The Labute approximate surface area is 356 Å². The zero-order valence-corrected chi connectivity index (χ0v) is 35.4. The number of aliphatic imine (C=N–C) groups is 1. The zero-order valence-electron chi connectivity index (χ0n) is 33.8. The maximum atomic E-state index is 13.4. The van der Waals surface area contributed by atoms with Crippen molar-refractivity contribution in [3.05, 3.63) is 145 Å². The summed E-state index contributed by atoms with van der Waals surface area (Å²) >= 11 is 7.93. The van der Waals surface area contributed by atoms with Gasteiger partial charge in [0.2, 0.25) is 5.91 Å². The fourth-order valence-electron chi connectivity index (χ4n) is 7.27. The van der Waals surface area contributed by atoms with Crippen molar-refractivity contribution in [1.29, 1.82) is 0 Å². The third-order valence-electron chi connectivity index (χ3n) is 10.5. The van der Waals surface area contributed by atoms with Gasteiger partial charge < -0.3 is 19.9 Å². The lowest BCUT2D eigenvalue weighted by Crippen LogP contribution is -2.26. The van der Waals surface area contributed by atoms with Crippen LogP contribution < -0.4 is 16.2 Å². The molecule has 0 radical (unpaired) electrons. The van der Waals surface area contributed by atoms with Crippen molar-refractivity contribution < 1.29 is 19.1 Å². The summed E-state index contributed by atoms with van der Waals surface area (Å²) in [6, 6.07) is 19.2. The molecule has 0 bridgehead atoms. The number of halogens is 1. The predicted molar refractivity (Wildman–Crippen MR) is 233 cm³/mol. The van der Waals surface area contributed by atoms with Crippen LogP contribution in [0.15, 0.2) is 95.1 Å². The molecule has 1 aliphatic rings. The average molecular weight is 845 g/mol. The van der Waals surface area contributed by atoms with E-state index in [2.05, 4.69) is 49.0 Å². The fourth-order valence-corrected chi connectivity index (χ4v) is 8.61. The smallest absolute Gasteiger partial charge is 0.325 e. The predicted octanol–water partition coefficient (Wildman–Crippen LogP) is 7.76. The van der Waals surface area contributed by atoms with E-state index in [1.807, 2.05) is 61.7 Å². The number of hydrogen-bond acceptors (Lipinski definition) is 10. The van der Waals surface area contributed by atoms with Crippen molar-refractivity contribution in [3.8, 4) is 16.1 Å². The molecule has 0 saturated heterocycles. The molecule has 308 valence electrons. The van der Waals surface area contributed by atoms with E-state index in [0.717, 1.165) is 82.0 Å². The molecule has 0 aliphatic carbocycles. The molecule has 0 spiro atoms. The number of nitrogens with zero attached hydrogens (tertiary/aromatic N) is 6. The molecule has 1 aliphatic heterocycles. The van der Waals surface area contributed by atoms with Crippen molar-refractivity contribution in [2.45, 2.75) is 71.9 Å². The summed E-state index contributed by atoms with van der Waals surface area (Å²) in [6.07, 6.45) is 9.65. The molecule has 6 aromatic rings. The maximum Gasteiger partial charge on any atom is 0.325 e. The number of fused-ring (bicyclic) bond motifs is 3. The number of aryl methyl sites for hydroxylation is 3. The summed E-state index contributed by atoms with van der Waals surface area (Å²) in [5.74, 6) is 0.376. The molecule has 0 unspecified atom stereocenters. The molecule has 7 rings (SSSR count). The second-order valence-corrected chi connectivity index (χ2v) is 16.3. The number of benzene rings is 2. The Balaban J connectivity index is 0.927. The SMILES string of the molecule is COC(=O)Cn1cc(NC(=O)c2cccc(-c3cnccc3CCCCCCNC(=O)C[C@@H]3N=C(c4ccc(Cl)cc4)c4c(sc(C)c4C)-n4c(C)nnc43)c2)ccc1=O. The van der Waals surface area contributed by atoms with Crippen LogP contribution in [0.3, 0.4) is 0 Å². The number of methoxy groups -OCH3 is 1. The van der Waals surface area contributed by atoms with Crippen molar-refractivity contribution in [2.75, 3.05) is 19.0 Å². The van der Waals surface area contributed by atoms with Gasteiger partial charge in [-0.1, -0.05) is 48.7 Å². The lowest BCUT2D eigenvalue weighted by atomic mass is 9.96. The van der Waals surface area contributed by atoms with Crippen LogP contribution in [0.25, 0.3) is 16.1 Å². The van der Waals surface area contributed by atoms with Gasteiger partial charge in [0.15, 0.2) is 5.82 Å². The minimum atomic E-state index is -0.572. The van der Waals surface area contributed by atoms with Gasteiger partial charge in [-0.15, -0.1) is 21.5 Å². The molecular formula is C45H45ClN8O5S. The monoisotopic (exact) mass is 844 g/mol. The van der Waals surface area contributed by atoms with Gasteiger partial charge in [-0.05, 0) is 93.1 Å².